The van der Waals surface area contributed by atoms with Crippen LogP contribution in [0.4, 0.5) is 0 Å². The Morgan fingerprint density at radius 3 is 1.04 bits per heavy atom. The Morgan fingerprint density at radius 1 is 0.403 bits per heavy atom. The van der Waals surface area contributed by atoms with E-state index in [0.29, 0.717) is 53.1 Å². The fourth-order valence-corrected chi connectivity index (χ4v) is 11.0. The van der Waals surface area contributed by atoms with Crippen molar-refractivity contribution in [1.29, 1.82) is 0 Å². The van der Waals surface area contributed by atoms with Crippen molar-refractivity contribution in [2.24, 2.45) is 0 Å². The summed E-state index contributed by atoms with van der Waals surface area (Å²) in [6.07, 6.45) is 4.73. The molecule has 0 N–H and O–H groups in total. The Balaban J connectivity index is 0.926. The van der Waals surface area contributed by atoms with Crippen LogP contribution in [0.5, 0.6) is 40.2 Å². The third-order valence-electron chi connectivity index (χ3n) is 13.1. The van der Waals surface area contributed by atoms with Crippen LogP contribution in [0.3, 0.4) is 0 Å². The number of allylic oxidation sites excluding steroid dienone is 2. The molecule has 0 aromatic heterocycles. The van der Waals surface area contributed by atoms with Crippen LogP contribution in [0.1, 0.15) is 66.6 Å². The number of methoxy groups -OCH3 is 1. The number of benzene rings is 8. The van der Waals surface area contributed by atoms with E-state index in [1.165, 1.54) is 30.4 Å². The van der Waals surface area contributed by atoms with E-state index in [1.54, 1.807) is 84.9 Å². The molecule has 0 saturated heterocycles. The molecule has 366 valence electrons. The zero-order valence-corrected chi connectivity index (χ0v) is 43.0. The number of sulfone groups is 2. The molecule has 8 rings (SSSR count). The van der Waals surface area contributed by atoms with Crippen LogP contribution in [0.15, 0.2) is 227 Å². The average molecular weight is 995 g/mol. The molecule has 8 aromatic rings. The third-order valence-corrected chi connectivity index (χ3v) is 16.7. The maximum atomic E-state index is 13.8. The number of hydrogen-bond donors (Lipinski definition) is 0. The van der Waals surface area contributed by atoms with Gasteiger partial charge in [-0.3, -0.25) is 0 Å². The van der Waals surface area contributed by atoms with Crippen molar-refractivity contribution < 1.29 is 35.8 Å². The molecule has 0 heterocycles. The Hall–Kier alpha value is -7.66. The summed E-state index contributed by atoms with van der Waals surface area (Å²) >= 11 is 0. The molecule has 10 heteroatoms. The molecule has 0 amide bonds. The van der Waals surface area contributed by atoms with E-state index in [-0.39, 0.29) is 25.0 Å². The van der Waals surface area contributed by atoms with Crippen LogP contribution in [-0.2, 0) is 43.3 Å². The summed E-state index contributed by atoms with van der Waals surface area (Å²) < 4.78 is 78.1. The van der Waals surface area contributed by atoms with Crippen LogP contribution in [-0.4, -0.2) is 23.9 Å². The monoisotopic (exact) mass is 994 g/mol. The standard InChI is InChI=1S/C62H58O8S2/c1-9-11-44-41-48(19-39-59(44)69-53-27-35-57(36-28-53)71(63,64)55-31-23-50(67-8)24-32-55)62(6,7)49-20-40-60(45(42-49)12-10-2)70-54-29-37-58(38-30-54)72(65,66)56-33-25-52(26-34-56)68-51-21-17-47(18-22-51)61(4,5)46-15-13-43(3)14-16-46/h9-10,13-42H,1-2,11-12H2,3-8H3. The van der Waals surface area contributed by atoms with Gasteiger partial charge in [0.1, 0.15) is 40.2 Å². The van der Waals surface area contributed by atoms with Gasteiger partial charge >= 0.3 is 0 Å². The molecule has 0 saturated carbocycles. The summed E-state index contributed by atoms with van der Waals surface area (Å²) in [5.41, 5.74) is 6.90. The lowest BCUT2D eigenvalue weighted by atomic mass is 9.76. The summed E-state index contributed by atoms with van der Waals surface area (Å²) in [6.45, 7) is 18.8. The predicted octanol–water partition coefficient (Wildman–Crippen LogP) is 15.2. The number of rotatable bonds is 19. The first-order chi connectivity index (χ1) is 34.4. The molecule has 0 radical (unpaired) electrons. The highest BCUT2D eigenvalue weighted by molar-refractivity contribution is 7.91. The van der Waals surface area contributed by atoms with E-state index >= 15 is 0 Å². The minimum atomic E-state index is -3.84. The Kier molecular flexibility index (Phi) is 14.8. The SMILES string of the molecule is C=CCc1cc(C(C)(C)c2ccc(Oc3ccc(S(=O)(=O)c4ccc(Oc5ccc(C(C)(C)c6ccc(C)cc6)cc5)cc4)cc3)c(CC=C)c2)ccc1Oc1ccc(S(=O)(=O)c2ccc(OC)cc2)cc1. The summed E-state index contributed by atoms with van der Waals surface area (Å²) in [5.74, 6) is 4.00. The first kappa shape index (κ1) is 50.7. The molecular weight excluding hydrogens is 937 g/mol. The van der Waals surface area contributed by atoms with Gasteiger partial charge < -0.3 is 18.9 Å². The van der Waals surface area contributed by atoms with E-state index in [4.69, 9.17) is 18.9 Å². The lowest BCUT2D eigenvalue weighted by Gasteiger charge is -2.28. The second-order valence-corrected chi connectivity index (χ2v) is 22.6. The van der Waals surface area contributed by atoms with Crippen LogP contribution in [0.2, 0.25) is 0 Å². The van der Waals surface area contributed by atoms with Gasteiger partial charge in [-0.1, -0.05) is 106 Å². The molecule has 8 nitrogen and oxygen atoms in total. The van der Waals surface area contributed by atoms with Crippen molar-refractivity contribution >= 4 is 19.7 Å². The normalized spacial score (nSPS) is 11.9. The van der Waals surface area contributed by atoms with Crippen molar-refractivity contribution in [3.63, 3.8) is 0 Å². The van der Waals surface area contributed by atoms with E-state index in [1.807, 2.05) is 48.6 Å². The van der Waals surface area contributed by atoms with Gasteiger partial charge in [-0.05, 0) is 174 Å². The van der Waals surface area contributed by atoms with E-state index < -0.39 is 25.1 Å². The van der Waals surface area contributed by atoms with Gasteiger partial charge in [0.2, 0.25) is 19.7 Å². The topological polar surface area (TPSA) is 105 Å². The summed E-state index contributed by atoms with van der Waals surface area (Å²) in [5, 5.41) is 0. The highest BCUT2D eigenvalue weighted by atomic mass is 32.2. The Bertz CT molecular complexity index is 3430. The molecule has 0 aliphatic carbocycles. The highest BCUT2D eigenvalue weighted by Gasteiger charge is 2.27. The van der Waals surface area contributed by atoms with Crippen LogP contribution in [0.25, 0.3) is 0 Å². The second kappa shape index (κ2) is 21.0. The maximum Gasteiger partial charge on any atom is 0.206 e. The molecule has 0 unspecified atom stereocenters. The molecule has 0 atom stereocenters. The minimum Gasteiger partial charge on any atom is -0.497 e. The number of hydrogen-bond acceptors (Lipinski definition) is 8. The summed E-state index contributed by atoms with van der Waals surface area (Å²) in [6, 6.07) is 54.3. The van der Waals surface area contributed by atoms with Gasteiger partial charge in [-0.2, -0.15) is 0 Å². The fourth-order valence-electron chi connectivity index (χ4n) is 8.49. The average Bonchev–Trinajstić information content (AvgIpc) is 3.38. The molecule has 72 heavy (non-hydrogen) atoms. The lowest BCUT2D eigenvalue weighted by molar-refractivity contribution is 0.414. The van der Waals surface area contributed by atoms with Gasteiger partial charge in [0.25, 0.3) is 0 Å². The molecule has 8 aromatic carbocycles. The molecule has 0 aliphatic heterocycles. The second-order valence-electron chi connectivity index (χ2n) is 18.7. The van der Waals surface area contributed by atoms with Gasteiger partial charge in [0.15, 0.2) is 0 Å². The Labute approximate surface area is 424 Å². The Morgan fingerprint density at radius 2 is 0.694 bits per heavy atom. The van der Waals surface area contributed by atoms with Crippen LogP contribution < -0.4 is 18.9 Å². The van der Waals surface area contributed by atoms with Crippen molar-refractivity contribution in [1.82, 2.24) is 0 Å². The molecule has 0 spiro atoms. The van der Waals surface area contributed by atoms with E-state index in [0.717, 1.165) is 27.8 Å². The van der Waals surface area contributed by atoms with Gasteiger partial charge in [0, 0.05) is 10.8 Å². The van der Waals surface area contributed by atoms with Gasteiger partial charge in [0.05, 0.1) is 26.7 Å². The number of aryl methyl sites for hydroxylation is 1. The first-order valence-corrected chi connectivity index (χ1v) is 26.5. The van der Waals surface area contributed by atoms with Crippen molar-refractivity contribution in [3.8, 4) is 40.2 Å². The highest BCUT2D eigenvalue weighted by Crippen LogP contribution is 2.40. The lowest BCUT2D eigenvalue weighted by Crippen LogP contribution is -2.19. The maximum absolute atomic E-state index is 13.8. The minimum absolute atomic E-state index is 0.139. The first-order valence-electron chi connectivity index (χ1n) is 23.6. The van der Waals surface area contributed by atoms with Crippen molar-refractivity contribution in [2.45, 2.75) is 77.9 Å². The number of ether oxygens (including phenoxy) is 4. The molecule has 0 bridgehead atoms. The smallest absolute Gasteiger partial charge is 0.206 e. The third kappa shape index (κ3) is 11.0. The van der Waals surface area contributed by atoms with Gasteiger partial charge in [-0.25, -0.2) is 16.8 Å². The van der Waals surface area contributed by atoms with Crippen LogP contribution >= 0.6 is 0 Å². The molecular formula is C62H58O8S2. The van der Waals surface area contributed by atoms with Crippen molar-refractivity contribution in [3.05, 3.63) is 246 Å². The van der Waals surface area contributed by atoms with E-state index in [2.05, 4.69) is 96.3 Å². The zero-order valence-electron chi connectivity index (χ0n) is 41.4. The molecule has 0 aliphatic rings. The van der Waals surface area contributed by atoms with Crippen molar-refractivity contribution in [2.75, 3.05) is 7.11 Å². The predicted molar refractivity (Wildman–Crippen MR) is 286 cm³/mol. The summed E-state index contributed by atoms with van der Waals surface area (Å²) in [4.78, 5) is 0.613. The molecule has 0 fully saturated rings. The van der Waals surface area contributed by atoms with Crippen LogP contribution in [0, 0.1) is 6.92 Å². The quantitative estimate of drug-likeness (QED) is 0.0738. The largest absolute Gasteiger partial charge is 0.497 e. The van der Waals surface area contributed by atoms with Gasteiger partial charge in [-0.15, -0.1) is 13.2 Å². The fraction of sp³-hybridized carbons (Fsp3) is 0.161. The summed E-state index contributed by atoms with van der Waals surface area (Å²) in [7, 11) is -6.04. The van der Waals surface area contributed by atoms with E-state index in [9.17, 15) is 16.8 Å². The zero-order chi connectivity index (χ0) is 51.3.